The molecule has 0 rings (SSSR count). The van der Waals surface area contributed by atoms with Crippen LogP contribution in [0.15, 0.2) is 4.99 Å². The van der Waals surface area contributed by atoms with Gasteiger partial charge in [-0.1, -0.05) is 27.2 Å². The molecule has 0 saturated heterocycles. The normalized spacial score (nSPS) is 11.7. The van der Waals surface area contributed by atoms with Crippen molar-refractivity contribution in [1.29, 1.82) is 0 Å². The summed E-state index contributed by atoms with van der Waals surface area (Å²) in [6.07, 6.45) is 3.17. The highest BCUT2D eigenvalue weighted by molar-refractivity contribution is 14.0. The summed E-state index contributed by atoms with van der Waals surface area (Å²) in [5.41, 5.74) is 0.106. The third-order valence-corrected chi connectivity index (χ3v) is 3.41. The largest absolute Gasteiger partial charge is 0.385 e. The van der Waals surface area contributed by atoms with Crippen LogP contribution in [0.2, 0.25) is 0 Å². The molecule has 0 aromatic carbocycles. The maximum Gasteiger partial charge on any atom is 0.243 e. The van der Waals surface area contributed by atoms with Crippen LogP contribution >= 0.6 is 24.0 Å². The van der Waals surface area contributed by atoms with Crippen LogP contribution in [0, 0.1) is 5.41 Å². The number of rotatable bonds is 10. The number of amides is 1. The molecule has 0 atom stereocenters. The fourth-order valence-corrected chi connectivity index (χ4v) is 1.64. The second-order valence-corrected chi connectivity index (χ2v) is 6.49. The molecule has 0 fully saturated rings. The van der Waals surface area contributed by atoms with Crippen molar-refractivity contribution in [2.45, 2.75) is 40.0 Å². The smallest absolute Gasteiger partial charge is 0.243 e. The number of halogens is 1. The summed E-state index contributed by atoms with van der Waals surface area (Å²) in [4.78, 5) is 17.6. The lowest BCUT2D eigenvalue weighted by molar-refractivity contribution is -0.127. The molecular weight excluding hydrogens is 407 g/mol. The van der Waals surface area contributed by atoms with Crippen LogP contribution in [0.5, 0.6) is 0 Å². The van der Waals surface area contributed by atoms with E-state index in [1.54, 1.807) is 26.1 Å². The minimum Gasteiger partial charge on any atom is -0.385 e. The molecule has 0 aliphatic heterocycles. The van der Waals surface area contributed by atoms with Gasteiger partial charge < -0.3 is 20.3 Å². The summed E-state index contributed by atoms with van der Waals surface area (Å²) in [5.74, 6) is 0.698. The van der Waals surface area contributed by atoms with Crippen molar-refractivity contribution >= 4 is 35.8 Å². The average Bonchev–Trinajstić information content (AvgIpc) is 2.47. The van der Waals surface area contributed by atoms with Crippen molar-refractivity contribution in [2.24, 2.45) is 10.4 Å². The van der Waals surface area contributed by atoms with E-state index >= 15 is 0 Å². The monoisotopic (exact) mass is 442 g/mol. The van der Waals surface area contributed by atoms with E-state index in [4.69, 9.17) is 4.74 Å². The van der Waals surface area contributed by atoms with Gasteiger partial charge in [0.2, 0.25) is 5.91 Å². The molecule has 138 valence electrons. The average molecular weight is 442 g/mol. The summed E-state index contributed by atoms with van der Waals surface area (Å²) >= 11 is 0. The number of nitrogens with zero attached hydrogens (tertiary/aromatic N) is 2. The van der Waals surface area contributed by atoms with Gasteiger partial charge >= 0.3 is 0 Å². The highest BCUT2D eigenvalue weighted by Crippen LogP contribution is 2.18. The Kier molecular flexibility index (Phi) is 14.8. The zero-order chi connectivity index (χ0) is 17.0. The Morgan fingerprint density at radius 2 is 1.91 bits per heavy atom. The molecule has 0 aliphatic carbocycles. The van der Waals surface area contributed by atoms with Crippen LogP contribution in [-0.2, 0) is 9.53 Å². The SMILES string of the molecule is CCCCNC(=NCC(=O)N(C)C)NCC(C)(C)CCOC.I. The van der Waals surface area contributed by atoms with Crippen molar-refractivity contribution in [1.82, 2.24) is 15.5 Å². The molecule has 23 heavy (non-hydrogen) atoms. The Hall–Kier alpha value is -0.570. The van der Waals surface area contributed by atoms with E-state index in [1.165, 1.54) is 0 Å². The van der Waals surface area contributed by atoms with Crippen molar-refractivity contribution in [3.8, 4) is 0 Å². The molecule has 0 aromatic rings. The van der Waals surface area contributed by atoms with Gasteiger partial charge in [0.25, 0.3) is 0 Å². The Bertz CT molecular complexity index is 347. The maximum absolute atomic E-state index is 11.7. The third kappa shape index (κ3) is 13.6. The van der Waals surface area contributed by atoms with Gasteiger partial charge in [-0.2, -0.15) is 0 Å². The molecule has 0 bridgehead atoms. The van der Waals surface area contributed by atoms with E-state index in [-0.39, 0.29) is 41.8 Å². The molecule has 1 amide bonds. The number of unbranched alkanes of at least 4 members (excludes halogenated alkanes) is 1. The molecule has 0 spiro atoms. The van der Waals surface area contributed by atoms with E-state index in [1.807, 2.05) is 0 Å². The Morgan fingerprint density at radius 3 is 2.43 bits per heavy atom. The minimum absolute atomic E-state index is 0. The summed E-state index contributed by atoms with van der Waals surface area (Å²) in [7, 11) is 5.20. The highest BCUT2D eigenvalue weighted by atomic mass is 127. The number of carbonyl (C=O) groups is 1. The molecule has 0 aliphatic rings. The van der Waals surface area contributed by atoms with E-state index in [9.17, 15) is 4.79 Å². The predicted molar refractivity (Wildman–Crippen MR) is 108 cm³/mol. The number of ether oxygens (including phenoxy) is 1. The fourth-order valence-electron chi connectivity index (χ4n) is 1.64. The summed E-state index contributed by atoms with van der Waals surface area (Å²) in [5, 5.41) is 6.62. The second kappa shape index (κ2) is 13.8. The first-order valence-electron chi connectivity index (χ1n) is 8.03. The van der Waals surface area contributed by atoms with Gasteiger partial charge in [-0.3, -0.25) is 4.79 Å². The molecule has 0 saturated carbocycles. The third-order valence-electron chi connectivity index (χ3n) is 3.41. The van der Waals surface area contributed by atoms with Crippen molar-refractivity contribution in [2.75, 3.05) is 47.4 Å². The molecule has 0 heterocycles. The van der Waals surface area contributed by atoms with Gasteiger partial charge in [-0.05, 0) is 18.3 Å². The molecule has 0 unspecified atom stereocenters. The topological polar surface area (TPSA) is 66.0 Å². The van der Waals surface area contributed by atoms with Crippen molar-refractivity contribution in [3.05, 3.63) is 0 Å². The summed E-state index contributed by atoms with van der Waals surface area (Å²) in [6, 6.07) is 0. The van der Waals surface area contributed by atoms with Crippen molar-refractivity contribution in [3.63, 3.8) is 0 Å². The van der Waals surface area contributed by atoms with Gasteiger partial charge in [0, 0.05) is 40.9 Å². The van der Waals surface area contributed by atoms with Crippen LogP contribution in [0.1, 0.15) is 40.0 Å². The maximum atomic E-state index is 11.7. The number of likely N-dealkylation sites (N-methyl/N-ethyl adjacent to an activating group) is 1. The Balaban J connectivity index is 0. The molecular formula is C16H35IN4O2. The van der Waals surface area contributed by atoms with Gasteiger partial charge in [-0.15, -0.1) is 24.0 Å². The number of methoxy groups -OCH3 is 1. The lowest BCUT2D eigenvalue weighted by atomic mass is 9.90. The van der Waals surface area contributed by atoms with Crippen LogP contribution in [0.25, 0.3) is 0 Å². The number of carbonyl (C=O) groups excluding carboxylic acids is 1. The first-order chi connectivity index (χ1) is 10.3. The molecule has 2 N–H and O–H groups in total. The number of hydrogen-bond donors (Lipinski definition) is 2. The Morgan fingerprint density at radius 1 is 1.26 bits per heavy atom. The number of nitrogens with one attached hydrogen (secondary N) is 2. The lowest BCUT2D eigenvalue weighted by Crippen LogP contribution is -2.43. The van der Waals surface area contributed by atoms with E-state index in [2.05, 4.69) is 36.4 Å². The standard InChI is InChI=1S/C16H34N4O2.HI/c1-7-8-10-17-15(18-12-14(21)20(4)5)19-13-16(2,3)9-11-22-6;/h7-13H2,1-6H3,(H2,17,18,19);1H. The summed E-state index contributed by atoms with van der Waals surface area (Å²) in [6.45, 7) is 9.06. The lowest BCUT2D eigenvalue weighted by Gasteiger charge is -2.26. The number of aliphatic imine (C=N–C) groups is 1. The van der Waals surface area contributed by atoms with Crippen LogP contribution < -0.4 is 10.6 Å². The predicted octanol–water partition coefficient (Wildman–Crippen LogP) is 2.09. The highest BCUT2D eigenvalue weighted by Gasteiger charge is 2.18. The fraction of sp³-hybridized carbons (Fsp3) is 0.875. The number of guanidine groups is 1. The molecule has 7 heteroatoms. The second-order valence-electron chi connectivity index (χ2n) is 6.49. The zero-order valence-corrected chi connectivity index (χ0v) is 17.9. The quantitative estimate of drug-likeness (QED) is 0.235. The van der Waals surface area contributed by atoms with Crippen molar-refractivity contribution < 1.29 is 9.53 Å². The van der Waals surface area contributed by atoms with Gasteiger partial charge in [0.05, 0.1) is 0 Å². The molecule has 0 radical (unpaired) electrons. The first-order valence-corrected chi connectivity index (χ1v) is 8.03. The van der Waals surface area contributed by atoms with Crippen LogP contribution in [0.3, 0.4) is 0 Å². The zero-order valence-electron chi connectivity index (χ0n) is 15.6. The van der Waals surface area contributed by atoms with E-state index in [0.717, 1.165) is 39.0 Å². The van der Waals surface area contributed by atoms with Gasteiger partial charge in [0.1, 0.15) is 6.54 Å². The Labute approximate surface area is 158 Å². The van der Waals surface area contributed by atoms with Gasteiger partial charge in [-0.25, -0.2) is 4.99 Å². The molecule has 6 nitrogen and oxygen atoms in total. The van der Waals surface area contributed by atoms with Crippen LogP contribution in [-0.4, -0.2) is 64.2 Å². The van der Waals surface area contributed by atoms with E-state index in [0.29, 0.717) is 5.96 Å². The first kappa shape index (κ1) is 24.7. The minimum atomic E-state index is -0.00441. The van der Waals surface area contributed by atoms with E-state index < -0.39 is 0 Å². The number of hydrogen-bond acceptors (Lipinski definition) is 3. The molecule has 0 aromatic heterocycles. The van der Waals surface area contributed by atoms with Crippen LogP contribution in [0.4, 0.5) is 0 Å². The van der Waals surface area contributed by atoms with Gasteiger partial charge in [0.15, 0.2) is 5.96 Å². The summed E-state index contributed by atoms with van der Waals surface area (Å²) < 4.78 is 5.15.